The number of esters is 2. The van der Waals surface area contributed by atoms with E-state index in [1.165, 1.54) is 19.3 Å². The Balaban J connectivity index is 4.46. The summed E-state index contributed by atoms with van der Waals surface area (Å²) < 4.78 is 17.2. The van der Waals surface area contributed by atoms with E-state index in [9.17, 15) is 19.5 Å². The molecule has 2 atom stereocenters. The fraction of sp³-hybridized carbons (Fsp3) is 0.574. The second-order valence-corrected chi connectivity index (χ2v) is 16.3. The highest BCUT2D eigenvalue weighted by molar-refractivity contribution is 5.72. The molecule has 8 heteroatoms. The molecular weight excluding hydrogens is 775 g/mol. The van der Waals surface area contributed by atoms with Gasteiger partial charge in [-0.1, -0.05) is 167 Å². The molecule has 0 aliphatic heterocycles. The van der Waals surface area contributed by atoms with Gasteiger partial charge in [-0.15, -0.1) is 0 Å². The third kappa shape index (κ3) is 41.1. The molecule has 0 radical (unpaired) electrons. The largest absolute Gasteiger partial charge is 0.477 e. The summed E-state index contributed by atoms with van der Waals surface area (Å²) in [6.45, 7) is 4.39. The van der Waals surface area contributed by atoms with Gasteiger partial charge in [0, 0.05) is 19.3 Å². The predicted molar refractivity (Wildman–Crippen MR) is 261 cm³/mol. The molecule has 1 N–H and O–H groups in total. The quantitative estimate of drug-likeness (QED) is 0.0215. The van der Waals surface area contributed by atoms with E-state index < -0.39 is 18.1 Å². The Kier molecular flexibility index (Phi) is 40.4. The molecule has 0 aliphatic carbocycles. The van der Waals surface area contributed by atoms with Crippen molar-refractivity contribution in [1.82, 2.24) is 0 Å². The number of carbonyl (C=O) groups excluding carboxylic acids is 2. The minimum atomic E-state index is -0.892. The summed E-state index contributed by atoms with van der Waals surface area (Å²) in [5, 5.41) is 9.64. The van der Waals surface area contributed by atoms with Crippen LogP contribution in [0.25, 0.3) is 0 Å². The minimum absolute atomic E-state index is 0.0250. The first-order valence-electron chi connectivity index (χ1n) is 23.6. The van der Waals surface area contributed by atoms with Crippen LogP contribution in [0.1, 0.15) is 149 Å². The molecule has 0 rings (SSSR count). The van der Waals surface area contributed by atoms with Gasteiger partial charge < -0.3 is 23.8 Å². The molecule has 0 aromatic heterocycles. The Labute approximate surface area is 378 Å². The van der Waals surface area contributed by atoms with Crippen molar-refractivity contribution in [2.75, 3.05) is 41.0 Å². The summed E-state index contributed by atoms with van der Waals surface area (Å²) >= 11 is 0. The van der Waals surface area contributed by atoms with Crippen LogP contribution in [0.5, 0.6) is 0 Å². The average molecular weight is 861 g/mol. The third-order valence-corrected chi connectivity index (χ3v) is 9.67. The van der Waals surface area contributed by atoms with E-state index in [4.69, 9.17) is 14.2 Å². The lowest BCUT2D eigenvalue weighted by atomic mass is 10.1. The third-order valence-electron chi connectivity index (χ3n) is 9.67. The van der Waals surface area contributed by atoms with Crippen LogP contribution in [0, 0.1) is 0 Å². The molecule has 0 saturated heterocycles. The van der Waals surface area contributed by atoms with Crippen LogP contribution in [0.2, 0.25) is 0 Å². The highest BCUT2D eigenvalue weighted by Gasteiger charge is 2.31. The van der Waals surface area contributed by atoms with Crippen LogP contribution in [-0.2, 0) is 28.6 Å². The van der Waals surface area contributed by atoms with Gasteiger partial charge in [0.1, 0.15) is 6.61 Å². The van der Waals surface area contributed by atoms with Gasteiger partial charge in [-0.3, -0.25) is 9.59 Å². The number of unbranched alkanes of at least 4 members (excludes halogenated alkanes) is 8. The van der Waals surface area contributed by atoms with Crippen LogP contribution in [0.4, 0.5) is 0 Å². The highest BCUT2D eigenvalue weighted by atomic mass is 16.6. The van der Waals surface area contributed by atoms with Gasteiger partial charge in [0.15, 0.2) is 12.1 Å². The molecule has 0 spiro atoms. The Bertz CT molecular complexity index is 1420. The average Bonchev–Trinajstić information content (AvgIpc) is 3.23. The summed E-state index contributed by atoms with van der Waals surface area (Å²) in [7, 11) is 5.49. The zero-order valence-corrected chi connectivity index (χ0v) is 39.5. The summed E-state index contributed by atoms with van der Waals surface area (Å²) in [5.41, 5.74) is 0. The lowest BCUT2D eigenvalue weighted by Gasteiger charge is -2.31. The smallest absolute Gasteiger partial charge is 0.362 e. The van der Waals surface area contributed by atoms with Crippen molar-refractivity contribution in [3.05, 3.63) is 122 Å². The highest BCUT2D eigenvalue weighted by Crippen LogP contribution is 2.12. The van der Waals surface area contributed by atoms with Crippen molar-refractivity contribution in [3.8, 4) is 0 Å². The SMILES string of the molecule is CC/C=C/C=C/C=C/CCCCCCCCCC(=O)OCC(COCCC(C(=O)O)[N+](C)(C)C)OC(=O)CCC/C=C/C/C=C/C/C=C/C/C=C/C/C=C/C/C=C/C/C=C/CC. The lowest BCUT2D eigenvalue weighted by Crippen LogP contribution is -2.50. The number of allylic oxidation sites excluding steroid dienone is 20. The molecule has 0 saturated carbocycles. The first-order valence-corrected chi connectivity index (χ1v) is 23.6. The van der Waals surface area contributed by atoms with Crippen molar-refractivity contribution in [2.24, 2.45) is 0 Å². The van der Waals surface area contributed by atoms with Crippen LogP contribution in [0.15, 0.2) is 122 Å². The number of carboxylic acids is 1. The van der Waals surface area contributed by atoms with E-state index in [0.29, 0.717) is 19.3 Å². The van der Waals surface area contributed by atoms with Crippen LogP contribution >= 0.6 is 0 Å². The van der Waals surface area contributed by atoms with Crippen molar-refractivity contribution < 1.29 is 38.2 Å². The summed E-state index contributed by atoms with van der Waals surface area (Å²) in [4.78, 5) is 37.0. The van der Waals surface area contributed by atoms with Gasteiger partial charge in [0.25, 0.3) is 0 Å². The standard InChI is InChI=1S/C54H85NO7/c1-6-8-10-12-14-16-18-20-22-23-24-25-26-27-28-29-31-33-35-37-39-41-43-45-53(57)62-50(48-60-47-46-51(54(58)59)55(3,4)5)49-61-52(56)44-42-40-38-36-34-32-30-21-19-17-15-13-11-9-7-2/h8-11,13-17,19-20,22,24-25,27-28,31,33,37,39,50-51H,6-7,12,18,21,23,26,29-30,32,34-36,38,40-49H2,1-5H3/p+1/b10-8+,11-9+,15-13+,16-14+,19-17+,22-20+,25-24+,28-27+,33-31+,39-37+. The number of hydrogen-bond donors (Lipinski definition) is 1. The summed E-state index contributed by atoms with van der Waals surface area (Å²) in [6.07, 6.45) is 61.1. The fourth-order valence-corrected chi connectivity index (χ4v) is 6.08. The Hall–Kier alpha value is -4.27. The van der Waals surface area contributed by atoms with Gasteiger partial charge in [0.2, 0.25) is 0 Å². The molecule has 0 heterocycles. The first-order chi connectivity index (χ1) is 30.1. The number of quaternary nitrogens is 1. The van der Waals surface area contributed by atoms with E-state index in [-0.39, 0.29) is 42.7 Å². The maximum Gasteiger partial charge on any atom is 0.362 e. The molecule has 0 aromatic carbocycles. The number of hydrogen-bond acceptors (Lipinski definition) is 6. The number of aliphatic carboxylic acids is 1. The molecule has 0 aromatic rings. The molecular formula is C54H86NO7+. The van der Waals surface area contributed by atoms with E-state index in [2.05, 4.69) is 135 Å². The maximum atomic E-state index is 12.7. The number of carboxylic acid groups (broad SMARTS) is 1. The van der Waals surface area contributed by atoms with E-state index in [0.717, 1.165) is 89.9 Å². The molecule has 0 fully saturated rings. The van der Waals surface area contributed by atoms with Gasteiger partial charge >= 0.3 is 17.9 Å². The Morgan fingerprint density at radius 1 is 0.500 bits per heavy atom. The molecule has 0 amide bonds. The number of nitrogens with zero attached hydrogens (tertiary/aromatic N) is 1. The minimum Gasteiger partial charge on any atom is -0.477 e. The summed E-state index contributed by atoms with van der Waals surface area (Å²) in [6, 6.07) is -0.635. The molecule has 0 bridgehead atoms. The number of carbonyl (C=O) groups is 3. The predicted octanol–water partition coefficient (Wildman–Crippen LogP) is 13.4. The molecule has 348 valence electrons. The molecule has 0 aliphatic rings. The van der Waals surface area contributed by atoms with Crippen molar-refractivity contribution in [3.63, 3.8) is 0 Å². The van der Waals surface area contributed by atoms with Crippen molar-refractivity contribution in [2.45, 2.75) is 161 Å². The van der Waals surface area contributed by atoms with Gasteiger partial charge in [-0.05, 0) is 83.5 Å². The lowest BCUT2D eigenvalue weighted by molar-refractivity contribution is -0.887. The number of likely N-dealkylation sites (N-methyl/N-ethyl adjacent to an activating group) is 1. The van der Waals surface area contributed by atoms with Crippen LogP contribution in [-0.4, -0.2) is 80.6 Å². The van der Waals surface area contributed by atoms with Gasteiger partial charge in [-0.2, -0.15) is 0 Å². The van der Waals surface area contributed by atoms with E-state index >= 15 is 0 Å². The monoisotopic (exact) mass is 861 g/mol. The molecule has 2 unspecified atom stereocenters. The second kappa shape index (κ2) is 43.4. The van der Waals surface area contributed by atoms with Crippen molar-refractivity contribution in [1.29, 1.82) is 0 Å². The van der Waals surface area contributed by atoms with Crippen LogP contribution in [0.3, 0.4) is 0 Å². The Morgan fingerprint density at radius 3 is 1.47 bits per heavy atom. The van der Waals surface area contributed by atoms with E-state index in [1.54, 1.807) is 0 Å². The van der Waals surface area contributed by atoms with Gasteiger partial charge in [-0.25, -0.2) is 4.79 Å². The first kappa shape index (κ1) is 57.7. The molecule has 62 heavy (non-hydrogen) atoms. The van der Waals surface area contributed by atoms with Gasteiger partial charge in [0.05, 0.1) is 34.4 Å². The zero-order valence-electron chi connectivity index (χ0n) is 39.5. The maximum absolute atomic E-state index is 12.7. The molecule has 8 nitrogen and oxygen atoms in total. The normalized spacial score (nSPS) is 14.0. The van der Waals surface area contributed by atoms with E-state index in [1.807, 2.05) is 21.1 Å². The zero-order chi connectivity index (χ0) is 45.6. The Morgan fingerprint density at radius 2 is 0.952 bits per heavy atom. The number of ether oxygens (including phenoxy) is 3. The fourth-order valence-electron chi connectivity index (χ4n) is 6.08. The van der Waals surface area contributed by atoms with Crippen molar-refractivity contribution >= 4 is 17.9 Å². The number of rotatable bonds is 40. The van der Waals surface area contributed by atoms with Crippen LogP contribution < -0.4 is 0 Å². The second-order valence-electron chi connectivity index (χ2n) is 16.3. The summed E-state index contributed by atoms with van der Waals surface area (Å²) in [5.74, 6) is -1.58. The topological polar surface area (TPSA) is 99.1 Å².